The van der Waals surface area contributed by atoms with Gasteiger partial charge in [0.25, 0.3) is 0 Å². The Morgan fingerprint density at radius 1 is 0.940 bits per heavy atom. The van der Waals surface area contributed by atoms with Crippen LogP contribution >= 0.6 is 0 Å². The quantitative estimate of drug-likeness (QED) is 0.208. The van der Waals surface area contributed by atoms with Gasteiger partial charge in [-0.1, -0.05) is 30.3 Å². The number of aliphatic hydroxyl groups excluding tert-OH is 1. The van der Waals surface area contributed by atoms with E-state index in [9.17, 15) is 21.9 Å². The molecule has 2 saturated heterocycles. The summed E-state index contributed by atoms with van der Waals surface area (Å²) >= 11 is 0. The van der Waals surface area contributed by atoms with Crippen LogP contribution in [0.3, 0.4) is 0 Å². The minimum atomic E-state index is -3.73. The second kappa shape index (κ2) is 13.5. The number of ether oxygens (including phenoxy) is 3. The summed E-state index contributed by atoms with van der Waals surface area (Å²) in [5, 5.41) is 13.1. The Bertz CT molecular complexity index is 1920. The predicted octanol–water partition coefficient (Wildman–Crippen LogP) is 3.98. The maximum atomic E-state index is 13.8. The van der Waals surface area contributed by atoms with E-state index < -0.39 is 24.6 Å². The first kappa shape index (κ1) is 35.4. The number of hydrogen-bond donors (Lipinski definition) is 3. The molecule has 7 rings (SSSR count). The van der Waals surface area contributed by atoms with Crippen molar-refractivity contribution in [1.82, 2.24) is 9.62 Å². The standard InChI is InChI=1S/C37H47N3O8S2/c1-46-34-11-10-32(23-33(34)27-6-8-28(9-7-27)37(38)14-15-37)50(44,45)40-19-16-35(17-20-40)24-29(25-48-35)39-18-3-21-47-30-4-2-5-31(22-30)49(42,43)36(26-41)12-13-36/h2,4-11,22-23,29,39,41H,3,12-21,24-26,38H2,1H3/t29-/m1/s1. The molecular formula is C37H47N3O8S2. The number of rotatable bonds is 14. The highest BCUT2D eigenvalue weighted by atomic mass is 32.2. The third-order valence-electron chi connectivity index (χ3n) is 11.0. The molecule has 2 aliphatic heterocycles. The van der Waals surface area contributed by atoms with Gasteiger partial charge in [0.15, 0.2) is 9.84 Å². The number of benzene rings is 3. The molecule has 3 aromatic carbocycles. The van der Waals surface area contributed by atoms with Gasteiger partial charge in [0.05, 0.1) is 47.1 Å². The molecule has 50 heavy (non-hydrogen) atoms. The summed E-state index contributed by atoms with van der Waals surface area (Å²) in [4.78, 5) is 0.422. The fourth-order valence-electron chi connectivity index (χ4n) is 7.29. The van der Waals surface area contributed by atoms with Crippen LogP contribution in [-0.4, -0.2) is 89.2 Å². The lowest BCUT2D eigenvalue weighted by atomic mass is 9.88. The van der Waals surface area contributed by atoms with Crippen molar-refractivity contribution in [1.29, 1.82) is 0 Å². The molecule has 270 valence electrons. The third kappa shape index (κ3) is 6.81. The molecular weight excluding hydrogens is 679 g/mol. The van der Waals surface area contributed by atoms with Gasteiger partial charge in [-0.05, 0) is 105 Å². The maximum Gasteiger partial charge on any atom is 0.243 e. The van der Waals surface area contributed by atoms with E-state index in [0.29, 0.717) is 70.0 Å². The van der Waals surface area contributed by atoms with Crippen LogP contribution in [0.5, 0.6) is 11.5 Å². The Balaban J connectivity index is 0.892. The summed E-state index contributed by atoms with van der Waals surface area (Å²) < 4.78 is 71.8. The number of hydrogen-bond acceptors (Lipinski definition) is 10. The van der Waals surface area contributed by atoms with Crippen LogP contribution in [0.4, 0.5) is 0 Å². The average molecular weight is 726 g/mol. The fourth-order valence-corrected chi connectivity index (χ4v) is 10.6. The minimum Gasteiger partial charge on any atom is -0.496 e. The van der Waals surface area contributed by atoms with Gasteiger partial charge >= 0.3 is 0 Å². The molecule has 13 heteroatoms. The highest BCUT2D eigenvalue weighted by molar-refractivity contribution is 7.93. The lowest BCUT2D eigenvalue weighted by Crippen LogP contribution is -2.46. The summed E-state index contributed by atoms with van der Waals surface area (Å²) in [6.45, 7) is 2.07. The molecule has 0 radical (unpaired) electrons. The summed E-state index contributed by atoms with van der Waals surface area (Å²) in [7, 11) is -5.75. The summed E-state index contributed by atoms with van der Waals surface area (Å²) in [5.41, 5.74) is 8.46. The van der Waals surface area contributed by atoms with Gasteiger partial charge < -0.3 is 30.4 Å². The molecule has 0 aromatic heterocycles. The number of methoxy groups -OCH3 is 1. The summed E-state index contributed by atoms with van der Waals surface area (Å²) in [6, 6.07) is 19.7. The molecule has 1 atom stereocenters. The Labute approximate surface area is 295 Å². The van der Waals surface area contributed by atoms with Crippen LogP contribution in [0, 0.1) is 0 Å². The topological polar surface area (TPSA) is 157 Å². The zero-order chi connectivity index (χ0) is 35.2. The smallest absolute Gasteiger partial charge is 0.243 e. The first-order valence-electron chi connectivity index (χ1n) is 17.5. The highest BCUT2D eigenvalue weighted by Crippen LogP contribution is 2.47. The van der Waals surface area contributed by atoms with E-state index in [1.807, 2.05) is 24.3 Å². The highest BCUT2D eigenvalue weighted by Gasteiger charge is 2.54. The molecule has 2 aliphatic carbocycles. The van der Waals surface area contributed by atoms with E-state index >= 15 is 0 Å². The second-order valence-corrected chi connectivity index (χ2v) is 18.7. The van der Waals surface area contributed by atoms with E-state index in [4.69, 9.17) is 19.9 Å². The van der Waals surface area contributed by atoms with Crippen LogP contribution in [0.2, 0.25) is 0 Å². The summed E-state index contributed by atoms with van der Waals surface area (Å²) in [6.07, 6.45) is 5.66. The van der Waals surface area contributed by atoms with Crippen LogP contribution in [-0.2, 0) is 30.1 Å². The molecule has 4 fully saturated rings. The van der Waals surface area contributed by atoms with Crippen molar-refractivity contribution in [2.75, 3.05) is 46.6 Å². The largest absolute Gasteiger partial charge is 0.496 e. The number of piperidine rings is 1. The zero-order valence-corrected chi connectivity index (χ0v) is 30.1. The molecule has 4 N–H and O–H groups in total. The molecule has 11 nitrogen and oxygen atoms in total. The Kier molecular flexibility index (Phi) is 9.55. The Hall–Kier alpha value is -3.04. The van der Waals surface area contributed by atoms with Crippen molar-refractivity contribution < 1.29 is 36.2 Å². The van der Waals surface area contributed by atoms with Gasteiger partial charge in [0.1, 0.15) is 11.5 Å². The van der Waals surface area contributed by atoms with Gasteiger partial charge in [0.2, 0.25) is 10.0 Å². The third-order valence-corrected chi connectivity index (χ3v) is 15.5. The Morgan fingerprint density at radius 2 is 1.68 bits per heavy atom. The predicted molar refractivity (Wildman–Crippen MR) is 189 cm³/mol. The number of sulfonamides is 1. The van der Waals surface area contributed by atoms with Gasteiger partial charge in [0, 0.05) is 30.2 Å². The van der Waals surface area contributed by atoms with Crippen molar-refractivity contribution in [2.24, 2.45) is 5.73 Å². The van der Waals surface area contributed by atoms with E-state index in [0.717, 1.165) is 42.4 Å². The van der Waals surface area contributed by atoms with Crippen molar-refractivity contribution in [3.63, 3.8) is 0 Å². The number of sulfone groups is 1. The Morgan fingerprint density at radius 3 is 2.34 bits per heavy atom. The van der Waals surface area contributed by atoms with Crippen LogP contribution in [0.1, 0.15) is 56.9 Å². The van der Waals surface area contributed by atoms with Crippen molar-refractivity contribution >= 4 is 19.9 Å². The second-order valence-electron chi connectivity index (χ2n) is 14.4. The maximum absolute atomic E-state index is 13.8. The normalized spacial score (nSPS) is 22.3. The number of nitrogens with zero attached hydrogens (tertiary/aromatic N) is 1. The van der Waals surface area contributed by atoms with Gasteiger partial charge in [-0.2, -0.15) is 4.31 Å². The van der Waals surface area contributed by atoms with Gasteiger partial charge in [-0.3, -0.25) is 0 Å². The molecule has 0 bridgehead atoms. The van der Waals surface area contributed by atoms with Crippen LogP contribution < -0.4 is 20.5 Å². The average Bonchev–Trinajstić information content (AvgIpc) is 4.06. The molecule has 0 amide bonds. The van der Waals surface area contributed by atoms with Crippen molar-refractivity contribution in [3.05, 3.63) is 72.3 Å². The lowest BCUT2D eigenvalue weighted by molar-refractivity contribution is -0.0311. The fraction of sp³-hybridized carbons (Fsp3) is 0.514. The zero-order valence-electron chi connectivity index (χ0n) is 28.5. The van der Waals surface area contributed by atoms with Crippen molar-refractivity contribution in [3.8, 4) is 22.6 Å². The van der Waals surface area contributed by atoms with E-state index in [1.54, 1.807) is 47.8 Å². The van der Waals surface area contributed by atoms with E-state index in [-0.39, 0.29) is 33.6 Å². The van der Waals surface area contributed by atoms with E-state index in [1.165, 1.54) is 6.07 Å². The molecule has 3 aromatic rings. The number of nitrogens with two attached hydrogens (primary N) is 1. The molecule has 2 saturated carbocycles. The number of nitrogens with one attached hydrogen (secondary N) is 1. The van der Waals surface area contributed by atoms with Gasteiger partial charge in [-0.25, -0.2) is 16.8 Å². The molecule has 4 aliphatic rings. The SMILES string of the molecule is COc1ccc(S(=O)(=O)N2CCC3(CC2)C[C@@H](NCCCOc2cccc(S(=O)(=O)C4(CO)CC4)c2)CO3)cc1-c1ccc(C2(N)CC2)cc1. The van der Waals surface area contributed by atoms with Crippen molar-refractivity contribution in [2.45, 2.75) is 83.1 Å². The molecule has 2 heterocycles. The van der Waals surface area contributed by atoms with Crippen LogP contribution in [0.15, 0.2) is 76.5 Å². The summed E-state index contributed by atoms with van der Waals surface area (Å²) in [5.74, 6) is 1.10. The number of aliphatic hydroxyl groups is 1. The van der Waals surface area contributed by atoms with E-state index in [2.05, 4.69) is 5.32 Å². The van der Waals surface area contributed by atoms with Crippen LogP contribution in [0.25, 0.3) is 11.1 Å². The monoisotopic (exact) mass is 725 g/mol. The first-order valence-corrected chi connectivity index (χ1v) is 20.4. The molecule has 0 unspecified atom stereocenters. The molecule has 1 spiro atoms. The first-order chi connectivity index (χ1) is 23.9. The van der Waals surface area contributed by atoms with Gasteiger partial charge in [-0.15, -0.1) is 0 Å². The lowest BCUT2D eigenvalue weighted by Gasteiger charge is -2.38. The minimum absolute atomic E-state index is 0.157.